The summed E-state index contributed by atoms with van der Waals surface area (Å²) in [5, 5.41) is 11.2. The Morgan fingerprint density at radius 3 is 2.65 bits per heavy atom. The van der Waals surface area contributed by atoms with E-state index in [2.05, 4.69) is 10.3 Å². The lowest BCUT2D eigenvalue weighted by molar-refractivity contribution is -0.137. The Kier molecular flexibility index (Phi) is 7.41. The molecule has 0 fully saturated rings. The van der Waals surface area contributed by atoms with E-state index in [-0.39, 0.29) is 12.5 Å². The van der Waals surface area contributed by atoms with E-state index in [0.29, 0.717) is 13.0 Å². The van der Waals surface area contributed by atoms with Gasteiger partial charge in [0.2, 0.25) is 5.91 Å². The zero-order chi connectivity index (χ0) is 13.3. The third-order valence-corrected chi connectivity index (χ3v) is 1.76. The number of nitrogens with zero attached hydrogens (tertiary/aromatic N) is 2. The zero-order valence-corrected chi connectivity index (χ0v) is 10.4. The monoisotopic (exact) mass is 241 g/mol. The van der Waals surface area contributed by atoms with E-state index in [1.807, 2.05) is 13.8 Å². The molecule has 0 aliphatic heterocycles. The average molecular weight is 241 g/mol. The summed E-state index contributed by atoms with van der Waals surface area (Å²) in [5.41, 5.74) is 0.769. The van der Waals surface area contributed by atoms with Crippen LogP contribution in [0.25, 0.3) is 0 Å². The standard InChI is InChI=1S/C9H13N3O3.C2H6/c1-7(13)10-3-2-8-4-12(6-11-8)5-9(14)15;1-2/h4,6H,2-3,5H2,1H3,(H,10,13)(H,14,15);1-2H3. The number of rotatable bonds is 5. The Morgan fingerprint density at radius 2 is 2.12 bits per heavy atom. The van der Waals surface area contributed by atoms with E-state index in [9.17, 15) is 9.59 Å². The van der Waals surface area contributed by atoms with Gasteiger partial charge in [-0.05, 0) is 0 Å². The van der Waals surface area contributed by atoms with E-state index in [1.54, 1.807) is 6.20 Å². The highest BCUT2D eigenvalue weighted by Crippen LogP contribution is 1.96. The normalized spacial score (nSPS) is 9.12. The summed E-state index contributed by atoms with van der Waals surface area (Å²) in [6.45, 7) is 5.87. The molecule has 6 heteroatoms. The second-order valence-electron chi connectivity index (χ2n) is 3.16. The van der Waals surface area contributed by atoms with Crippen LogP contribution in [0.3, 0.4) is 0 Å². The average Bonchev–Trinajstić information content (AvgIpc) is 2.67. The van der Waals surface area contributed by atoms with Crippen LogP contribution in [0.15, 0.2) is 12.5 Å². The molecule has 1 amide bonds. The number of carbonyl (C=O) groups is 2. The molecule has 6 nitrogen and oxygen atoms in total. The van der Waals surface area contributed by atoms with Gasteiger partial charge in [-0.15, -0.1) is 0 Å². The Balaban J connectivity index is 0.00000121. The van der Waals surface area contributed by atoms with Crippen LogP contribution in [0.4, 0.5) is 0 Å². The molecular weight excluding hydrogens is 222 g/mol. The maximum atomic E-state index is 10.6. The largest absolute Gasteiger partial charge is 0.480 e. The molecule has 0 bridgehead atoms. The van der Waals surface area contributed by atoms with Crippen molar-refractivity contribution in [2.75, 3.05) is 6.54 Å². The number of carboxylic acid groups (broad SMARTS) is 1. The fourth-order valence-electron chi connectivity index (χ4n) is 1.14. The van der Waals surface area contributed by atoms with Crippen LogP contribution in [0, 0.1) is 0 Å². The fourth-order valence-corrected chi connectivity index (χ4v) is 1.14. The van der Waals surface area contributed by atoms with Crippen LogP contribution in [-0.2, 0) is 22.6 Å². The first-order valence-electron chi connectivity index (χ1n) is 5.55. The Hall–Kier alpha value is -1.85. The van der Waals surface area contributed by atoms with Crippen LogP contribution in [0.2, 0.25) is 0 Å². The lowest BCUT2D eigenvalue weighted by Gasteiger charge is -1.98. The van der Waals surface area contributed by atoms with Crippen molar-refractivity contribution < 1.29 is 14.7 Å². The highest BCUT2D eigenvalue weighted by molar-refractivity contribution is 5.72. The van der Waals surface area contributed by atoms with Crippen molar-refractivity contribution in [2.24, 2.45) is 0 Å². The number of carboxylic acids is 1. The van der Waals surface area contributed by atoms with Crippen molar-refractivity contribution in [1.82, 2.24) is 14.9 Å². The van der Waals surface area contributed by atoms with Crippen LogP contribution < -0.4 is 5.32 Å². The van der Waals surface area contributed by atoms with Crippen molar-refractivity contribution in [3.63, 3.8) is 0 Å². The maximum absolute atomic E-state index is 10.6. The van der Waals surface area contributed by atoms with Gasteiger partial charge < -0.3 is 15.0 Å². The number of carbonyl (C=O) groups excluding carboxylic acids is 1. The molecule has 1 rings (SSSR count). The molecule has 0 aromatic carbocycles. The van der Waals surface area contributed by atoms with Crippen LogP contribution >= 0.6 is 0 Å². The molecule has 0 aliphatic carbocycles. The molecule has 1 heterocycles. The van der Waals surface area contributed by atoms with Crippen LogP contribution in [0.5, 0.6) is 0 Å². The molecule has 2 N–H and O–H groups in total. The van der Waals surface area contributed by atoms with Gasteiger partial charge in [0.15, 0.2) is 0 Å². The summed E-state index contributed by atoms with van der Waals surface area (Å²) in [5.74, 6) is -0.985. The molecule has 0 unspecified atom stereocenters. The molecule has 96 valence electrons. The van der Waals surface area contributed by atoms with E-state index in [4.69, 9.17) is 5.11 Å². The number of imidazole rings is 1. The van der Waals surface area contributed by atoms with Crippen molar-refractivity contribution >= 4 is 11.9 Å². The van der Waals surface area contributed by atoms with Crippen molar-refractivity contribution in [3.05, 3.63) is 18.2 Å². The first-order valence-corrected chi connectivity index (χ1v) is 5.55. The number of aromatic nitrogens is 2. The van der Waals surface area contributed by atoms with Gasteiger partial charge in [0.05, 0.1) is 12.0 Å². The number of amides is 1. The Labute approximate surface area is 101 Å². The molecule has 1 aromatic heterocycles. The van der Waals surface area contributed by atoms with Gasteiger partial charge in [-0.2, -0.15) is 0 Å². The van der Waals surface area contributed by atoms with E-state index >= 15 is 0 Å². The van der Waals surface area contributed by atoms with Gasteiger partial charge in [-0.1, -0.05) is 13.8 Å². The molecule has 0 saturated carbocycles. The first-order chi connectivity index (χ1) is 8.08. The predicted molar refractivity (Wildman–Crippen MR) is 63.6 cm³/mol. The third kappa shape index (κ3) is 7.10. The molecule has 0 atom stereocenters. The van der Waals surface area contributed by atoms with Crippen molar-refractivity contribution in [2.45, 2.75) is 33.7 Å². The summed E-state index contributed by atoms with van der Waals surface area (Å²) in [7, 11) is 0. The fraction of sp³-hybridized carbons (Fsp3) is 0.545. The lowest BCUT2D eigenvalue weighted by Crippen LogP contribution is -2.22. The van der Waals surface area contributed by atoms with Crippen molar-refractivity contribution in [3.8, 4) is 0 Å². The van der Waals surface area contributed by atoms with Gasteiger partial charge in [0.1, 0.15) is 6.54 Å². The lowest BCUT2D eigenvalue weighted by atomic mass is 10.3. The van der Waals surface area contributed by atoms with E-state index in [0.717, 1.165) is 5.69 Å². The molecule has 0 saturated heterocycles. The maximum Gasteiger partial charge on any atom is 0.323 e. The number of nitrogens with one attached hydrogen (secondary N) is 1. The van der Waals surface area contributed by atoms with E-state index < -0.39 is 5.97 Å². The molecule has 17 heavy (non-hydrogen) atoms. The summed E-state index contributed by atoms with van der Waals surface area (Å²) in [6, 6.07) is 0. The third-order valence-electron chi connectivity index (χ3n) is 1.76. The summed E-state index contributed by atoms with van der Waals surface area (Å²) < 4.78 is 1.49. The smallest absolute Gasteiger partial charge is 0.323 e. The molecule has 0 radical (unpaired) electrons. The first kappa shape index (κ1) is 15.2. The second kappa shape index (κ2) is 8.32. The Bertz CT molecular complexity index is 361. The minimum Gasteiger partial charge on any atom is -0.480 e. The van der Waals surface area contributed by atoms with Gasteiger partial charge >= 0.3 is 5.97 Å². The highest BCUT2D eigenvalue weighted by Gasteiger charge is 2.02. The van der Waals surface area contributed by atoms with Gasteiger partial charge in [-0.3, -0.25) is 9.59 Å². The SMILES string of the molecule is CC.CC(=O)NCCc1cn(CC(=O)O)cn1. The molecule has 0 spiro atoms. The highest BCUT2D eigenvalue weighted by atomic mass is 16.4. The van der Waals surface area contributed by atoms with Gasteiger partial charge in [0.25, 0.3) is 0 Å². The zero-order valence-electron chi connectivity index (χ0n) is 10.4. The Morgan fingerprint density at radius 1 is 1.47 bits per heavy atom. The van der Waals surface area contributed by atoms with E-state index in [1.165, 1.54) is 17.8 Å². The number of aliphatic carboxylic acids is 1. The van der Waals surface area contributed by atoms with Gasteiger partial charge in [0, 0.05) is 26.1 Å². The minimum absolute atomic E-state index is 0.0834. The minimum atomic E-state index is -0.902. The van der Waals surface area contributed by atoms with Crippen LogP contribution in [0.1, 0.15) is 26.5 Å². The summed E-state index contributed by atoms with van der Waals surface area (Å²) >= 11 is 0. The quantitative estimate of drug-likeness (QED) is 0.793. The number of hydrogen-bond acceptors (Lipinski definition) is 3. The van der Waals surface area contributed by atoms with Crippen molar-refractivity contribution in [1.29, 1.82) is 0 Å². The summed E-state index contributed by atoms with van der Waals surface area (Å²) in [6.07, 6.45) is 3.74. The molecular formula is C11H19N3O3. The second-order valence-corrected chi connectivity index (χ2v) is 3.16. The molecule has 1 aromatic rings. The van der Waals surface area contributed by atoms with Gasteiger partial charge in [-0.25, -0.2) is 4.98 Å². The summed E-state index contributed by atoms with van der Waals surface area (Å²) in [4.78, 5) is 25.0. The molecule has 0 aliphatic rings. The number of hydrogen-bond donors (Lipinski definition) is 2. The van der Waals surface area contributed by atoms with Crippen LogP contribution in [-0.4, -0.2) is 33.1 Å². The predicted octanol–water partition coefficient (Wildman–Crippen LogP) is 0.672. The topological polar surface area (TPSA) is 84.2 Å².